The zero-order valence-corrected chi connectivity index (χ0v) is 10.8. The summed E-state index contributed by atoms with van der Waals surface area (Å²) >= 11 is 0. The molecule has 5 nitrogen and oxygen atoms in total. The van der Waals surface area contributed by atoms with Crippen LogP contribution < -0.4 is 15.8 Å². The van der Waals surface area contributed by atoms with Crippen LogP contribution in [0.3, 0.4) is 0 Å². The smallest absolute Gasteiger partial charge is 0.234 e. The molecule has 1 heterocycles. The lowest BCUT2D eigenvalue weighted by Gasteiger charge is -2.17. The Labute approximate surface area is 103 Å². The Bertz CT molecular complexity index is 330. The first-order chi connectivity index (χ1) is 8.15. The van der Waals surface area contributed by atoms with Crippen LogP contribution in [0, 0.1) is 0 Å². The maximum atomic E-state index is 5.68. The van der Waals surface area contributed by atoms with Gasteiger partial charge in [0.2, 0.25) is 5.88 Å². The third-order valence-electron chi connectivity index (χ3n) is 2.24. The summed E-state index contributed by atoms with van der Waals surface area (Å²) in [5.74, 6) is 1.25. The van der Waals surface area contributed by atoms with Crippen molar-refractivity contribution < 1.29 is 4.74 Å². The number of rotatable bonds is 7. The van der Waals surface area contributed by atoms with Crippen LogP contribution in [0.25, 0.3) is 0 Å². The molecule has 1 rings (SSSR count). The summed E-state index contributed by atoms with van der Waals surface area (Å²) in [4.78, 5) is 8.43. The molecule has 1 atom stereocenters. The highest BCUT2D eigenvalue weighted by molar-refractivity contribution is 5.34. The van der Waals surface area contributed by atoms with E-state index >= 15 is 0 Å². The van der Waals surface area contributed by atoms with Crippen LogP contribution in [0.2, 0.25) is 0 Å². The minimum atomic E-state index is 0.0977. The first-order valence-corrected chi connectivity index (χ1v) is 6.11. The standard InChI is InChI=1S/C12H22N4O/c1-4-5-10(6-13)15-11-7-14-8-12(16-11)17-9(2)3/h7-10H,4-6,13H2,1-3H3,(H,15,16). The largest absolute Gasteiger partial charge is 0.474 e. The molecule has 0 fully saturated rings. The van der Waals surface area contributed by atoms with Gasteiger partial charge in [-0.25, -0.2) is 0 Å². The summed E-state index contributed by atoms with van der Waals surface area (Å²) in [6, 6.07) is 0.239. The number of nitrogens with two attached hydrogens (primary N) is 1. The number of nitrogens with one attached hydrogen (secondary N) is 1. The van der Waals surface area contributed by atoms with Gasteiger partial charge in [-0.2, -0.15) is 4.98 Å². The van der Waals surface area contributed by atoms with Crippen molar-refractivity contribution >= 4 is 5.82 Å². The molecule has 0 amide bonds. The fourth-order valence-corrected chi connectivity index (χ4v) is 1.52. The molecule has 0 saturated carbocycles. The lowest BCUT2D eigenvalue weighted by Crippen LogP contribution is -2.29. The zero-order chi connectivity index (χ0) is 12.7. The number of aromatic nitrogens is 2. The van der Waals surface area contributed by atoms with Crippen LogP contribution in [-0.2, 0) is 0 Å². The Hall–Kier alpha value is -1.36. The van der Waals surface area contributed by atoms with Crippen molar-refractivity contribution in [2.24, 2.45) is 5.73 Å². The van der Waals surface area contributed by atoms with E-state index in [1.165, 1.54) is 0 Å². The van der Waals surface area contributed by atoms with Gasteiger partial charge in [-0.05, 0) is 20.3 Å². The topological polar surface area (TPSA) is 73.1 Å². The van der Waals surface area contributed by atoms with Gasteiger partial charge in [0.1, 0.15) is 5.82 Å². The molecule has 0 aromatic carbocycles. The average molecular weight is 238 g/mol. The Kier molecular flexibility index (Phi) is 5.69. The predicted octanol–water partition coefficient (Wildman–Crippen LogP) is 1.80. The van der Waals surface area contributed by atoms with E-state index in [2.05, 4.69) is 22.2 Å². The Morgan fingerprint density at radius 3 is 2.76 bits per heavy atom. The molecule has 0 spiro atoms. The maximum Gasteiger partial charge on any atom is 0.234 e. The zero-order valence-electron chi connectivity index (χ0n) is 10.8. The molecule has 5 heteroatoms. The molecule has 0 aliphatic heterocycles. The molecule has 0 saturated heterocycles. The van der Waals surface area contributed by atoms with Crippen molar-refractivity contribution in [2.75, 3.05) is 11.9 Å². The molecule has 1 aromatic heterocycles. The van der Waals surface area contributed by atoms with Gasteiger partial charge in [-0.3, -0.25) is 4.98 Å². The Morgan fingerprint density at radius 2 is 2.18 bits per heavy atom. The van der Waals surface area contributed by atoms with E-state index in [0.29, 0.717) is 18.2 Å². The molecule has 96 valence electrons. The van der Waals surface area contributed by atoms with Gasteiger partial charge in [-0.1, -0.05) is 13.3 Å². The molecule has 0 aliphatic carbocycles. The molecule has 3 N–H and O–H groups in total. The fourth-order valence-electron chi connectivity index (χ4n) is 1.52. The quantitative estimate of drug-likeness (QED) is 0.757. The summed E-state index contributed by atoms with van der Waals surface area (Å²) in [7, 11) is 0. The third kappa shape index (κ3) is 4.99. The summed E-state index contributed by atoms with van der Waals surface area (Å²) in [6.07, 6.45) is 5.51. The highest BCUT2D eigenvalue weighted by Gasteiger charge is 2.07. The van der Waals surface area contributed by atoms with Crippen LogP contribution in [0.15, 0.2) is 12.4 Å². The van der Waals surface area contributed by atoms with Crippen LogP contribution in [-0.4, -0.2) is 28.7 Å². The van der Waals surface area contributed by atoms with E-state index in [-0.39, 0.29) is 12.1 Å². The molecule has 1 unspecified atom stereocenters. The van der Waals surface area contributed by atoms with E-state index < -0.39 is 0 Å². The van der Waals surface area contributed by atoms with Gasteiger partial charge in [0.25, 0.3) is 0 Å². The van der Waals surface area contributed by atoms with Gasteiger partial charge in [-0.15, -0.1) is 0 Å². The van der Waals surface area contributed by atoms with Crippen LogP contribution >= 0.6 is 0 Å². The summed E-state index contributed by atoms with van der Waals surface area (Å²) in [6.45, 7) is 6.64. The number of ether oxygens (including phenoxy) is 1. The van der Waals surface area contributed by atoms with Gasteiger partial charge < -0.3 is 15.8 Å². The van der Waals surface area contributed by atoms with E-state index in [1.807, 2.05) is 13.8 Å². The highest BCUT2D eigenvalue weighted by atomic mass is 16.5. The molecule has 0 aliphatic rings. The van der Waals surface area contributed by atoms with E-state index in [0.717, 1.165) is 12.8 Å². The molecule has 17 heavy (non-hydrogen) atoms. The van der Waals surface area contributed by atoms with Crippen LogP contribution in [0.4, 0.5) is 5.82 Å². The SMILES string of the molecule is CCCC(CN)Nc1cncc(OC(C)C)n1. The third-order valence-corrected chi connectivity index (χ3v) is 2.24. The van der Waals surface area contributed by atoms with Gasteiger partial charge in [0, 0.05) is 12.6 Å². The summed E-state index contributed by atoms with van der Waals surface area (Å²) in [5.41, 5.74) is 5.68. The second-order valence-electron chi connectivity index (χ2n) is 4.27. The molecular formula is C12H22N4O. The van der Waals surface area contributed by atoms with Crippen LogP contribution in [0.1, 0.15) is 33.6 Å². The van der Waals surface area contributed by atoms with Crippen molar-refractivity contribution in [2.45, 2.75) is 45.8 Å². The Morgan fingerprint density at radius 1 is 1.41 bits per heavy atom. The second-order valence-corrected chi connectivity index (χ2v) is 4.27. The van der Waals surface area contributed by atoms with E-state index in [9.17, 15) is 0 Å². The second kappa shape index (κ2) is 7.06. The lowest BCUT2D eigenvalue weighted by atomic mass is 10.2. The van der Waals surface area contributed by atoms with Crippen molar-refractivity contribution in [1.82, 2.24) is 9.97 Å². The molecule has 0 bridgehead atoms. The highest BCUT2D eigenvalue weighted by Crippen LogP contribution is 2.12. The van der Waals surface area contributed by atoms with E-state index in [4.69, 9.17) is 10.5 Å². The molecule has 1 aromatic rings. The summed E-state index contributed by atoms with van der Waals surface area (Å²) in [5, 5.41) is 3.26. The number of nitrogens with zero attached hydrogens (tertiary/aromatic N) is 2. The normalized spacial score (nSPS) is 12.5. The lowest BCUT2D eigenvalue weighted by molar-refractivity contribution is 0.232. The van der Waals surface area contributed by atoms with Crippen molar-refractivity contribution in [3.8, 4) is 5.88 Å². The van der Waals surface area contributed by atoms with Crippen molar-refractivity contribution in [1.29, 1.82) is 0 Å². The Balaban J connectivity index is 2.63. The van der Waals surface area contributed by atoms with Crippen LogP contribution in [0.5, 0.6) is 5.88 Å². The fraction of sp³-hybridized carbons (Fsp3) is 0.667. The van der Waals surface area contributed by atoms with Crippen molar-refractivity contribution in [3.05, 3.63) is 12.4 Å². The van der Waals surface area contributed by atoms with Gasteiger partial charge >= 0.3 is 0 Å². The first kappa shape index (κ1) is 13.7. The monoisotopic (exact) mass is 238 g/mol. The minimum Gasteiger partial charge on any atom is -0.474 e. The average Bonchev–Trinajstić information content (AvgIpc) is 2.28. The first-order valence-electron chi connectivity index (χ1n) is 6.11. The van der Waals surface area contributed by atoms with Crippen molar-refractivity contribution in [3.63, 3.8) is 0 Å². The number of anilines is 1. The minimum absolute atomic E-state index is 0.0977. The number of hydrogen-bond acceptors (Lipinski definition) is 5. The number of hydrogen-bond donors (Lipinski definition) is 2. The van der Waals surface area contributed by atoms with Gasteiger partial charge in [0.05, 0.1) is 18.5 Å². The maximum absolute atomic E-state index is 5.68. The predicted molar refractivity (Wildman–Crippen MR) is 69.2 cm³/mol. The van der Waals surface area contributed by atoms with Gasteiger partial charge in [0.15, 0.2) is 0 Å². The molecular weight excluding hydrogens is 216 g/mol. The molecule has 0 radical (unpaired) electrons. The summed E-state index contributed by atoms with van der Waals surface area (Å²) < 4.78 is 5.49. The van der Waals surface area contributed by atoms with E-state index in [1.54, 1.807) is 12.4 Å².